The summed E-state index contributed by atoms with van der Waals surface area (Å²) >= 11 is 0. The minimum atomic E-state index is -0.304. The summed E-state index contributed by atoms with van der Waals surface area (Å²) in [5.41, 5.74) is 5.52. The van der Waals surface area contributed by atoms with Gasteiger partial charge in [-0.2, -0.15) is 0 Å². The summed E-state index contributed by atoms with van der Waals surface area (Å²) < 4.78 is 0. The SMILES string of the molecule is CCN=C(N)NC(C)CC(C)O. The predicted molar refractivity (Wildman–Crippen MR) is 51.1 cm³/mol. The van der Waals surface area contributed by atoms with Gasteiger partial charge in [0.2, 0.25) is 0 Å². The maximum Gasteiger partial charge on any atom is 0.188 e. The van der Waals surface area contributed by atoms with E-state index < -0.39 is 0 Å². The molecular weight excluding hydrogens is 154 g/mol. The molecule has 0 spiro atoms. The number of aliphatic hydroxyl groups is 1. The molecule has 0 aliphatic rings. The number of hydrogen-bond donors (Lipinski definition) is 3. The van der Waals surface area contributed by atoms with Crippen molar-refractivity contribution in [1.82, 2.24) is 5.32 Å². The van der Waals surface area contributed by atoms with Gasteiger partial charge in [0.25, 0.3) is 0 Å². The van der Waals surface area contributed by atoms with Gasteiger partial charge in [-0.1, -0.05) is 0 Å². The van der Waals surface area contributed by atoms with E-state index in [0.29, 0.717) is 18.9 Å². The molecule has 0 bridgehead atoms. The van der Waals surface area contributed by atoms with Crippen LogP contribution in [-0.4, -0.2) is 29.8 Å². The first kappa shape index (κ1) is 11.2. The summed E-state index contributed by atoms with van der Waals surface area (Å²) in [7, 11) is 0. The zero-order chi connectivity index (χ0) is 9.56. The average molecular weight is 173 g/mol. The van der Waals surface area contributed by atoms with E-state index in [9.17, 15) is 0 Å². The number of nitrogens with zero attached hydrogens (tertiary/aromatic N) is 1. The van der Waals surface area contributed by atoms with Crippen LogP contribution in [0.25, 0.3) is 0 Å². The monoisotopic (exact) mass is 173 g/mol. The van der Waals surface area contributed by atoms with E-state index in [2.05, 4.69) is 10.3 Å². The molecule has 0 aliphatic carbocycles. The Labute approximate surface area is 73.9 Å². The molecule has 0 aliphatic heterocycles. The van der Waals surface area contributed by atoms with Crippen molar-refractivity contribution >= 4 is 5.96 Å². The molecule has 72 valence electrons. The topological polar surface area (TPSA) is 70.6 Å². The second-order valence-electron chi connectivity index (χ2n) is 2.99. The highest BCUT2D eigenvalue weighted by Gasteiger charge is 2.05. The molecule has 2 atom stereocenters. The number of guanidine groups is 1. The van der Waals surface area contributed by atoms with Crippen LogP contribution in [0, 0.1) is 0 Å². The fourth-order valence-corrected chi connectivity index (χ4v) is 1.04. The van der Waals surface area contributed by atoms with Crippen LogP contribution < -0.4 is 11.1 Å². The maximum absolute atomic E-state index is 9.04. The summed E-state index contributed by atoms with van der Waals surface area (Å²) in [5.74, 6) is 0.450. The van der Waals surface area contributed by atoms with E-state index in [-0.39, 0.29) is 12.1 Å². The fourth-order valence-electron chi connectivity index (χ4n) is 1.04. The van der Waals surface area contributed by atoms with Gasteiger partial charge in [-0.3, -0.25) is 4.99 Å². The van der Waals surface area contributed by atoms with Crippen LogP contribution in [0.15, 0.2) is 4.99 Å². The predicted octanol–water partition coefficient (Wildman–Crippen LogP) is 0.0700. The second-order valence-corrected chi connectivity index (χ2v) is 2.99. The number of nitrogens with one attached hydrogen (secondary N) is 1. The van der Waals surface area contributed by atoms with Gasteiger partial charge in [-0.05, 0) is 27.2 Å². The van der Waals surface area contributed by atoms with Crippen LogP contribution in [0.3, 0.4) is 0 Å². The first-order valence-electron chi connectivity index (χ1n) is 4.30. The van der Waals surface area contributed by atoms with Gasteiger partial charge in [-0.25, -0.2) is 0 Å². The minimum absolute atomic E-state index is 0.167. The zero-order valence-electron chi connectivity index (χ0n) is 8.04. The number of aliphatic imine (C=N–C) groups is 1. The molecule has 4 heteroatoms. The van der Waals surface area contributed by atoms with E-state index in [4.69, 9.17) is 10.8 Å². The van der Waals surface area contributed by atoms with Crippen molar-refractivity contribution in [2.45, 2.75) is 39.3 Å². The molecule has 0 radical (unpaired) electrons. The highest BCUT2D eigenvalue weighted by Crippen LogP contribution is 1.95. The molecule has 0 aromatic carbocycles. The molecule has 0 heterocycles. The van der Waals surface area contributed by atoms with Crippen LogP contribution in [0.5, 0.6) is 0 Å². The highest BCUT2D eigenvalue weighted by atomic mass is 16.3. The maximum atomic E-state index is 9.04. The minimum Gasteiger partial charge on any atom is -0.393 e. The van der Waals surface area contributed by atoms with Gasteiger partial charge in [-0.15, -0.1) is 0 Å². The standard InChI is InChI=1S/C8H19N3O/c1-4-10-8(9)11-6(2)5-7(3)12/h6-7,12H,4-5H2,1-3H3,(H3,9,10,11). The molecule has 0 amide bonds. The fraction of sp³-hybridized carbons (Fsp3) is 0.875. The van der Waals surface area contributed by atoms with E-state index in [1.54, 1.807) is 6.92 Å². The van der Waals surface area contributed by atoms with Crippen LogP contribution in [0.2, 0.25) is 0 Å². The third-order valence-corrected chi connectivity index (χ3v) is 1.42. The first-order valence-corrected chi connectivity index (χ1v) is 4.30. The molecule has 0 saturated heterocycles. The third kappa shape index (κ3) is 5.97. The van der Waals surface area contributed by atoms with Gasteiger partial charge < -0.3 is 16.2 Å². The lowest BCUT2D eigenvalue weighted by Crippen LogP contribution is -2.39. The number of aliphatic hydroxyl groups excluding tert-OH is 1. The van der Waals surface area contributed by atoms with Crippen molar-refractivity contribution in [2.75, 3.05) is 6.54 Å². The van der Waals surface area contributed by atoms with E-state index in [1.807, 2.05) is 13.8 Å². The molecule has 0 rings (SSSR count). The van der Waals surface area contributed by atoms with Crippen molar-refractivity contribution in [3.05, 3.63) is 0 Å². The van der Waals surface area contributed by atoms with E-state index >= 15 is 0 Å². The van der Waals surface area contributed by atoms with Crippen molar-refractivity contribution in [1.29, 1.82) is 0 Å². The molecule has 4 N–H and O–H groups in total. The van der Waals surface area contributed by atoms with Crippen molar-refractivity contribution < 1.29 is 5.11 Å². The lowest BCUT2D eigenvalue weighted by molar-refractivity contribution is 0.174. The number of rotatable bonds is 4. The Bertz CT molecular complexity index is 145. The first-order chi connectivity index (χ1) is 5.56. The molecule has 0 saturated carbocycles. The molecule has 4 nitrogen and oxygen atoms in total. The summed E-state index contributed by atoms with van der Waals surface area (Å²) in [6.45, 7) is 6.32. The van der Waals surface area contributed by atoms with Gasteiger partial charge in [0.1, 0.15) is 0 Å². The average Bonchev–Trinajstić information content (AvgIpc) is 1.84. The molecule has 0 fully saturated rings. The highest BCUT2D eigenvalue weighted by molar-refractivity contribution is 5.78. The second kappa shape index (κ2) is 5.83. The van der Waals surface area contributed by atoms with Crippen molar-refractivity contribution in [3.63, 3.8) is 0 Å². The van der Waals surface area contributed by atoms with Gasteiger partial charge in [0.05, 0.1) is 6.10 Å². The lowest BCUT2D eigenvalue weighted by Gasteiger charge is -2.15. The zero-order valence-corrected chi connectivity index (χ0v) is 8.04. The van der Waals surface area contributed by atoms with Crippen LogP contribution in [0.1, 0.15) is 27.2 Å². The largest absolute Gasteiger partial charge is 0.393 e. The Morgan fingerprint density at radius 1 is 1.58 bits per heavy atom. The Hall–Kier alpha value is -0.770. The summed E-state index contributed by atoms with van der Waals surface area (Å²) in [6, 6.07) is 0.167. The van der Waals surface area contributed by atoms with Crippen molar-refractivity contribution in [3.8, 4) is 0 Å². The van der Waals surface area contributed by atoms with Crippen LogP contribution in [0.4, 0.5) is 0 Å². The smallest absolute Gasteiger partial charge is 0.188 e. The summed E-state index contributed by atoms with van der Waals surface area (Å²) in [5, 5.41) is 12.0. The van der Waals surface area contributed by atoms with Gasteiger partial charge in [0, 0.05) is 12.6 Å². The molecule has 0 aromatic heterocycles. The van der Waals surface area contributed by atoms with Gasteiger partial charge in [0.15, 0.2) is 5.96 Å². The lowest BCUT2D eigenvalue weighted by atomic mass is 10.2. The Balaban J connectivity index is 3.68. The quantitative estimate of drug-likeness (QED) is 0.416. The summed E-state index contributed by atoms with van der Waals surface area (Å²) in [4.78, 5) is 3.97. The number of hydrogen-bond acceptors (Lipinski definition) is 2. The summed E-state index contributed by atoms with van der Waals surface area (Å²) in [6.07, 6.45) is 0.377. The van der Waals surface area contributed by atoms with E-state index in [0.717, 1.165) is 0 Å². The Morgan fingerprint density at radius 3 is 2.58 bits per heavy atom. The number of nitrogens with two attached hydrogens (primary N) is 1. The Morgan fingerprint density at radius 2 is 2.17 bits per heavy atom. The molecular formula is C8H19N3O. The third-order valence-electron chi connectivity index (χ3n) is 1.42. The van der Waals surface area contributed by atoms with Gasteiger partial charge >= 0.3 is 0 Å². The van der Waals surface area contributed by atoms with Crippen LogP contribution >= 0.6 is 0 Å². The normalized spacial score (nSPS) is 17.2. The molecule has 12 heavy (non-hydrogen) atoms. The van der Waals surface area contributed by atoms with Crippen molar-refractivity contribution in [2.24, 2.45) is 10.7 Å². The molecule has 2 unspecified atom stereocenters. The van der Waals surface area contributed by atoms with E-state index in [1.165, 1.54) is 0 Å². The molecule has 0 aromatic rings. The van der Waals surface area contributed by atoms with Crippen LogP contribution in [-0.2, 0) is 0 Å². The Kier molecular flexibility index (Phi) is 5.45.